The molecule has 0 unspecified atom stereocenters. The highest BCUT2D eigenvalue weighted by Crippen LogP contribution is 2.09. The molecule has 1 aliphatic rings. The van der Waals surface area contributed by atoms with Crippen LogP contribution < -0.4 is 0 Å². The second-order valence-corrected chi connectivity index (χ2v) is 2.84. The van der Waals surface area contributed by atoms with E-state index >= 15 is 0 Å². The molecule has 0 radical (unpaired) electrons. The number of hydrogen-bond donors (Lipinski definition) is 0. The SMILES string of the molecule is CCOC(=O)CN1C(=O)C(=O)N(C)C1=O. The molecular formula is C8H10N2O5. The highest BCUT2D eigenvalue weighted by atomic mass is 16.5. The van der Waals surface area contributed by atoms with Gasteiger partial charge in [-0.2, -0.15) is 0 Å². The molecule has 7 heteroatoms. The first-order valence-electron chi connectivity index (χ1n) is 4.28. The van der Waals surface area contributed by atoms with Gasteiger partial charge in [0.15, 0.2) is 0 Å². The van der Waals surface area contributed by atoms with Gasteiger partial charge in [0.25, 0.3) is 0 Å². The van der Waals surface area contributed by atoms with Gasteiger partial charge in [-0.15, -0.1) is 0 Å². The number of urea groups is 1. The normalized spacial score (nSPS) is 16.3. The monoisotopic (exact) mass is 214 g/mol. The fourth-order valence-electron chi connectivity index (χ4n) is 1.09. The van der Waals surface area contributed by atoms with Crippen LogP contribution in [0.15, 0.2) is 0 Å². The molecule has 0 aromatic rings. The molecule has 1 heterocycles. The van der Waals surface area contributed by atoms with E-state index in [9.17, 15) is 19.2 Å². The van der Waals surface area contributed by atoms with Crippen molar-refractivity contribution < 1.29 is 23.9 Å². The molecule has 1 fully saturated rings. The van der Waals surface area contributed by atoms with Gasteiger partial charge in [-0.25, -0.2) is 9.69 Å². The standard InChI is InChI=1S/C8H10N2O5/c1-3-15-5(11)4-10-7(13)6(12)9(2)8(10)14/h3-4H2,1-2H3. The van der Waals surface area contributed by atoms with E-state index in [1.54, 1.807) is 6.92 Å². The zero-order valence-corrected chi connectivity index (χ0v) is 8.35. The minimum atomic E-state index is -1.00. The third-order valence-corrected chi connectivity index (χ3v) is 1.84. The number of rotatable bonds is 3. The average Bonchev–Trinajstić information content (AvgIpc) is 2.36. The topological polar surface area (TPSA) is 84.0 Å². The van der Waals surface area contributed by atoms with Gasteiger partial charge in [-0.05, 0) is 6.92 Å². The summed E-state index contributed by atoms with van der Waals surface area (Å²) in [6.07, 6.45) is 0. The van der Waals surface area contributed by atoms with E-state index in [1.165, 1.54) is 7.05 Å². The maximum absolute atomic E-state index is 11.3. The number of nitrogens with zero attached hydrogens (tertiary/aromatic N) is 2. The number of amides is 4. The number of imide groups is 2. The Morgan fingerprint density at radius 1 is 1.27 bits per heavy atom. The van der Waals surface area contributed by atoms with E-state index in [-0.39, 0.29) is 6.61 Å². The zero-order valence-electron chi connectivity index (χ0n) is 8.35. The van der Waals surface area contributed by atoms with E-state index in [2.05, 4.69) is 4.74 Å². The average molecular weight is 214 g/mol. The molecule has 0 aromatic carbocycles. The highest BCUT2D eigenvalue weighted by Gasteiger charge is 2.43. The first kappa shape index (κ1) is 11.2. The zero-order chi connectivity index (χ0) is 11.6. The second kappa shape index (κ2) is 4.07. The van der Waals surface area contributed by atoms with E-state index in [0.29, 0.717) is 9.80 Å². The summed E-state index contributed by atoms with van der Waals surface area (Å²) in [5.41, 5.74) is 0. The predicted molar refractivity (Wildman–Crippen MR) is 46.5 cm³/mol. The Kier molecular flexibility index (Phi) is 3.03. The van der Waals surface area contributed by atoms with Gasteiger partial charge < -0.3 is 4.74 Å². The van der Waals surface area contributed by atoms with Crippen molar-refractivity contribution in [2.75, 3.05) is 20.2 Å². The van der Waals surface area contributed by atoms with Crippen LogP contribution in [0.3, 0.4) is 0 Å². The lowest BCUT2D eigenvalue weighted by Gasteiger charge is -2.11. The van der Waals surface area contributed by atoms with Crippen molar-refractivity contribution in [2.24, 2.45) is 0 Å². The van der Waals surface area contributed by atoms with Crippen molar-refractivity contribution in [3.63, 3.8) is 0 Å². The Bertz CT molecular complexity index is 338. The van der Waals surface area contributed by atoms with Gasteiger partial charge >= 0.3 is 23.8 Å². The van der Waals surface area contributed by atoms with Crippen LogP contribution in [0, 0.1) is 0 Å². The molecule has 82 valence electrons. The van der Waals surface area contributed by atoms with Crippen LogP contribution in [0.1, 0.15) is 6.92 Å². The molecule has 0 spiro atoms. The van der Waals surface area contributed by atoms with Crippen LogP contribution in [0.2, 0.25) is 0 Å². The second-order valence-electron chi connectivity index (χ2n) is 2.84. The van der Waals surface area contributed by atoms with Gasteiger partial charge in [0, 0.05) is 7.05 Å². The van der Waals surface area contributed by atoms with E-state index in [1.807, 2.05) is 0 Å². The summed E-state index contributed by atoms with van der Waals surface area (Å²) in [6, 6.07) is -0.807. The third-order valence-electron chi connectivity index (χ3n) is 1.84. The number of likely N-dealkylation sites (N-methyl/N-ethyl adjacent to an activating group) is 1. The molecule has 0 saturated carbocycles. The number of hydrogen-bond acceptors (Lipinski definition) is 5. The molecule has 0 aliphatic carbocycles. The maximum atomic E-state index is 11.3. The third kappa shape index (κ3) is 1.95. The number of carbonyl (C=O) groups excluding carboxylic acids is 4. The van der Waals surface area contributed by atoms with Gasteiger partial charge in [-0.3, -0.25) is 19.3 Å². The molecule has 0 N–H and O–H groups in total. The van der Waals surface area contributed by atoms with Crippen LogP contribution in [0.4, 0.5) is 4.79 Å². The van der Waals surface area contributed by atoms with Crippen molar-refractivity contribution >= 4 is 23.8 Å². The van der Waals surface area contributed by atoms with Crippen molar-refractivity contribution in [1.29, 1.82) is 0 Å². The molecular weight excluding hydrogens is 204 g/mol. The van der Waals surface area contributed by atoms with Gasteiger partial charge in [0.05, 0.1) is 6.61 Å². The van der Waals surface area contributed by atoms with Gasteiger partial charge in [0.1, 0.15) is 6.54 Å². The first-order valence-corrected chi connectivity index (χ1v) is 4.28. The summed E-state index contributed by atoms with van der Waals surface area (Å²) in [7, 11) is 1.17. The minimum absolute atomic E-state index is 0.152. The molecule has 1 rings (SSSR count). The fourth-order valence-corrected chi connectivity index (χ4v) is 1.09. The fraction of sp³-hybridized carbons (Fsp3) is 0.500. The molecule has 1 aliphatic heterocycles. The Hall–Kier alpha value is -1.92. The highest BCUT2D eigenvalue weighted by molar-refractivity contribution is 6.44. The Labute approximate surface area is 85.6 Å². The maximum Gasteiger partial charge on any atom is 0.334 e. The molecule has 0 aromatic heterocycles. The smallest absolute Gasteiger partial charge is 0.334 e. The minimum Gasteiger partial charge on any atom is -0.465 e. The van der Waals surface area contributed by atoms with Crippen molar-refractivity contribution in [3.8, 4) is 0 Å². The van der Waals surface area contributed by atoms with Gasteiger partial charge in [0.2, 0.25) is 0 Å². The van der Waals surface area contributed by atoms with Crippen LogP contribution in [-0.4, -0.2) is 53.8 Å². The Balaban J connectivity index is 2.71. The Morgan fingerprint density at radius 3 is 2.27 bits per heavy atom. The number of esters is 1. The van der Waals surface area contributed by atoms with E-state index in [4.69, 9.17) is 0 Å². The summed E-state index contributed by atoms with van der Waals surface area (Å²) in [5.74, 6) is -2.66. The van der Waals surface area contributed by atoms with Crippen LogP contribution in [-0.2, 0) is 19.1 Å². The lowest BCUT2D eigenvalue weighted by atomic mass is 10.5. The summed E-state index contributed by atoms with van der Waals surface area (Å²) in [5, 5.41) is 0. The molecule has 15 heavy (non-hydrogen) atoms. The Morgan fingerprint density at radius 2 is 1.87 bits per heavy atom. The summed E-state index contributed by atoms with van der Waals surface area (Å²) < 4.78 is 4.56. The largest absolute Gasteiger partial charge is 0.465 e. The summed E-state index contributed by atoms with van der Waals surface area (Å²) >= 11 is 0. The predicted octanol–water partition coefficient (Wildman–Crippen LogP) is -1.03. The van der Waals surface area contributed by atoms with Crippen molar-refractivity contribution in [2.45, 2.75) is 6.92 Å². The lowest BCUT2D eigenvalue weighted by Crippen LogP contribution is -2.36. The van der Waals surface area contributed by atoms with E-state index < -0.39 is 30.4 Å². The van der Waals surface area contributed by atoms with Crippen LogP contribution in [0.25, 0.3) is 0 Å². The summed E-state index contributed by atoms with van der Waals surface area (Å²) in [6.45, 7) is 1.23. The lowest BCUT2D eigenvalue weighted by molar-refractivity contribution is -0.148. The summed E-state index contributed by atoms with van der Waals surface area (Å²) in [4.78, 5) is 45.7. The number of carbonyl (C=O) groups is 4. The van der Waals surface area contributed by atoms with E-state index in [0.717, 1.165) is 0 Å². The first-order chi connectivity index (χ1) is 6.99. The molecule has 0 atom stereocenters. The molecule has 1 saturated heterocycles. The quantitative estimate of drug-likeness (QED) is 0.340. The van der Waals surface area contributed by atoms with Crippen LogP contribution in [0.5, 0.6) is 0 Å². The van der Waals surface area contributed by atoms with Crippen molar-refractivity contribution in [3.05, 3.63) is 0 Å². The van der Waals surface area contributed by atoms with Crippen molar-refractivity contribution in [1.82, 2.24) is 9.80 Å². The molecule has 4 amide bonds. The number of ether oxygens (including phenoxy) is 1. The molecule has 0 bridgehead atoms. The van der Waals surface area contributed by atoms with Crippen LogP contribution >= 0.6 is 0 Å². The molecule has 7 nitrogen and oxygen atoms in total. The van der Waals surface area contributed by atoms with Gasteiger partial charge in [-0.1, -0.05) is 0 Å².